The maximum Gasteiger partial charge on any atom is 0.275 e. The highest BCUT2D eigenvalue weighted by Crippen LogP contribution is 2.20. The van der Waals surface area contributed by atoms with Gasteiger partial charge >= 0.3 is 0 Å². The monoisotopic (exact) mass is 385 g/mol. The van der Waals surface area contributed by atoms with Crippen LogP contribution in [0.3, 0.4) is 0 Å². The zero-order valence-electron chi connectivity index (χ0n) is 16.9. The number of amides is 1. The summed E-state index contributed by atoms with van der Waals surface area (Å²) < 4.78 is 7.56. The molecule has 1 aliphatic rings. The molecule has 0 unspecified atom stereocenters. The van der Waals surface area contributed by atoms with Crippen molar-refractivity contribution >= 4 is 5.91 Å². The zero-order valence-corrected chi connectivity index (χ0v) is 16.9. The normalized spacial score (nSPS) is 15.0. The van der Waals surface area contributed by atoms with Crippen molar-refractivity contribution < 1.29 is 9.53 Å². The summed E-state index contributed by atoms with van der Waals surface area (Å²) in [4.78, 5) is 15.1. The lowest BCUT2D eigenvalue weighted by molar-refractivity contribution is 0.0941. The Bertz CT molecular complexity index is 739. The molecule has 2 heterocycles. The Morgan fingerprint density at radius 3 is 2.71 bits per heavy atom. The van der Waals surface area contributed by atoms with Crippen molar-refractivity contribution in [1.29, 1.82) is 0 Å². The molecule has 152 valence electrons. The van der Waals surface area contributed by atoms with E-state index < -0.39 is 0 Å². The molecule has 1 fully saturated rings. The topological polar surface area (TPSA) is 71.4 Å². The minimum atomic E-state index is -0.186. The van der Waals surface area contributed by atoms with Gasteiger partial charge in [-0.05, 0) is 31.0 Å². The molecule has 2 N–H and O–H groups in total. The van der Waals surface area contributed by atoms with Crippen LogP contribution in [0.1, 0.15) is 30.8 Å². The molecule has 0 atom stereocenters. The highest BCUT2D eigenvalue weighted by molar-refractivity contribution is 5.94. The lowest BCUT2D eigenvalue weighted by Crippen LogP contribution is -2.44. The molecule has 1 aromatic carbocycles. The average molecular weight is 386 g/mol. The van der Waals surface area contributed by atoms with E-state index in [1.165, 1.54) is 0 Å². The summed E-state index contributed by atoms with van der Waals surface area (Å²) in [6.07, 6.45) is 2.71. The van der Waals surface area contributed by atoms with Crippen LogP contribution in [0.25, 0.3) is 5.69 Å². The summed E-state index contributed by atoms with van der Waals surface area (Å²) in [7, 11) is 0. The fraction of sp³-hybridized carbons (Fsp3) is 0.524. The third-order valence-corrected chi connectivity index (χ3v) is 4.63. The number of nitrogens with one attached hydrogen (secondary N) is 2. The van der Waals surface area contributed by atoms with Crippen LogP contribution in [-0.2, 0) is 0 Å². The van der Waals surface area contributed by atoms with Gasteiger partial charge in [-0.15, -0.1) is 0 Å². The molecule has 1 aliphatic heterocycles. The van der Waals surface area contributed by atoms with E-state index in [1.807, 2.05) is 30.3 Å². The molecule has 1 saturated heterocycles. The lowest BCUT2D eigenvalue weighted by atomic mass is 10.2. The number of hydrogen-bond acceptors (Lipinski definition) is 5. The number of rotatable bonds is 9. The van der Waals surface area contributed by atoms with E-state index in [2.05, 4.69) is 34.5 Å². The van der Waals surface area contributed by atoms with Crippen LogP contribution in [0.4, 0.5) is 0 Å². The van der Waals surface area contributed by atoms with Gasteiger partial charge in [-0.1, -0.05) is 32.0 Å². The molecule has 0 radical (unpaired) electrons. The molecule has 0 bridgehead atoms. The quantitative estimate of drug-likeness (QED) is 0.646. The van der Waals surface area contributed by atoms with Gasteiger partial charge in [0.15, 0.2) is 11.4 Å². The maximum atomic E-state index is 12.7. The number of carbonyl (C=O) groups excluding carboxylic acids is 1. The van der Waals surface area contributed by atoms with Gasteiger partial charge in [-0.2, -0.15) is 5.10 Å². The number of aromatic nitrogens is 2. The Kier molecular flexibility index (Phi) is 7.45. The first-order valence-corrected chi connectivity index (χ1v) is 10.1. The lowest BCUT2D eigenvalue weighted by Gasteiger charge is -2.27. The van der Waals surface area contributed by atoms with Crippen LogP contribution in [-0.4, -0.2) is 66.5 Å². The van der Waals surface area contributed by atoms with E-state index in [0.29, 0.717) is 30.5 Å². The fourth-order valence-electron chi connectivity index (χ4n) is 3.11. The molecule has 2 aromatic rings. The van der Waals surface area contributed by atoms with Crippen molar-refractivity contribution in [3.63, 3.8) is 0 Å². The van der Waals surface area contributed by atoms with Gasteiger partial charge in [0, 0.05) is 32.7 Å². The summed E-state index contributed by atoms with van der Waals surface area (Å²) in [5.41, 5.74) is 1.24. The van der Waals surface area contributed by atoms with Gasteiger partial charge in [-0.25, -0.2) is 4.68 Å². The minimum absolute atomic E-state index is 0.186. The summed E-state index contributed by atoms with van der Waals surface area (Å²) >= 11 is 0. The number of carbonyl (C=O) groups is 1. The smallest absolute Gasteiger partial charge is 0.275 e. The van der Waals surface area contributed by atoms with Crippen molar-refractivity contribution in [2.24, 2.45) is 5.92 Å². The van der Waals surface area contributed by atoms with Crippen LogP contribution in [0.15, 0.2) is 36.5 Å². The van der Waals surface area contributed by atoms with Gasteiger partial charge in [-0.3, -0.25) is 4.79 Å². The van der Waals surface area contributed by atoms with E-state index in [0.717, 1.165) is 44.8 Å². The van der Waals surface area contributed by atoms with E-state index in [9.17, 15) is 4.79 Å². The van der Waals surface area contributed by atoms with E-state index in [1.54, 1.807) is 10.9 Å². The maximum absolute atomic E-state index is 12.7. The second-order valence-corrected chi connectivity index (χ2v) is 7.53. The predicted octanol–water partition coefficient (Wildman–Crippen LogP) is 1.93. The molecular formula is C21H31N5O2. The molecular weight excluding hydrogens is 354 g/mol. The SMILES string of the molecule is CC(C)COc1cn(-c2ccccc2)nc1C(=O)NCCCN1CCNCC1. The van der Waals surface area contributed by atoms with Crippen molar-refractivity contribution in [3.8, 4) is 11.4 Å². The van der Waals surface area contributed by atoms with Crippen LogP contribution in [0.2, 0.25) is 0 Å². The third kappa shape index (κ3) is 5.81. The number of nitrogens with zero attached hydrogens (tertiary/aromatic N) is 3. The first-order valence-electron chi connectivity index (χ1n) is 10.1. The number of piperazine rings is 1. The molecule has 0 saturated carbocycles. The second kappa shape index (κ2) is 10.2. The van der Waals surface area contributed by atoms with Gasteiger partial charge in [0.25, 0.3) is 5.91 Å². The van der Waals surface area contributed by atoms with Gasteiger partial charge in [0.1, 0.15) is 0 Å². The molecule has 1 amide bonds. The fourth-order valence-corrected chi connectivity index (χ4v) is 3.11. The highest BCUT2D eigenvalue weighted by atomic mass is 16.5. The van der Waals surface area contributed by atoms with Crippen LogP contribution in [0, 0.1) is 5.92 Å². The number of benzene rings is 1. The first kappa shape index (κ1) is 20.4. The van der Waals surface area contributed by atoms with E-state index >= 15 is 0 Å². The highest BCUT2D eigenvalue weighted by Gasteiger charge is 2.19. The number of ether oxygens (including phenoxy) is 1. The van der Waals surface area contributed by atoms with Crippen molar-refractivity contribution in [2.45, 2.75) is 20.3 Å². The van der Waals surface area contributed by atoms with Crippen molar-refractivity contribution in [2.75, 3.05) is 45.9 Å². The van der Waals surface area contributed by atoms with Crippen LogP contribution in [0.5, 0.6) is 5.75 Å². The van der Waals surface area contributed by atoms with Crippen molar-refractivity contribution in [3.05, 3.63) is 42.2 Å². The predicted molar refractivity (Wildman–Crippen MR) is 110 cm³/mol. The number of para-hydroxylation sites is 1. The molecule has 3 rings (SSSR count). The Morgan fingerprint density at radius 1 is 1.25 bits per heavy atom. The summed E-state index contributed by atoms with van der Waals surface area (Å²) in [5.74, 6) is 0.709. The summed E-state index contributed by atoms with van der Waals surface area (Å²) in [5, 5.41) is 10.8. The Morgan fingerprint density at radius 2 is 2.00 bits per heavy atom. The summed E-state index contributed by atoms with van der Waals surface area (Å²) in [6.45, 7) is 10.6. The second-order valence-electron chi connectivity index (χ2n) is 7.53. The van der Waals surface area contributed by atoms with Crippen LogP contribution >= 0.6 is 0 Å². The molecule has 1 aromatic heterocycles. The van der Waals surface area contributed by atoms with Gasteiger partial charge in [0.05, 0.1) is 18.5 Å². The minimum Gasteiger partial charge on any atom is -0.489 e. The average Bonchev–Trinajstić information content (AvgIpc) is 3.15. The Hall–Kier alpha value is -2.38. The molecule has 28 heavy (non-hydrogen) atoms. The van der Waals surface area contributed by atoms with Gasteiger partial charge < -0.3 is 20.3 Å². The Labute approximate surface area is 167 Å². The Balaban J connectivity index is 1.61. The van der Waals surface area contributed by atoms with Gasteiger partial charge in [0.2, 0.25) is 0 Å². The van der Waals surface area contributed by atoms with E-state index in [-0.39, 0.29) is 5.91 Å². The molecule has 7 heteroatoms. The first-order chi connectivity index (χ1) is 13.6. The largest absolute Gasteiger partial charge is 0.489 e. The summed E-state index contributed by atoms with van der Waals surface area (Å²) in [6, 6.07) is 9.75. The van der Waals surface area contributed by atoms with E-state index in [4.69, 9.17) is 4.74 Å². The standard InChI is InChI=1S/C21H31N5O2/c1-17(2)16-28-19-15-26(18-7-4-3-5-8-18)24-20(19)21(27)23-9-6-12-25-13-10-22-11-14-25/h3-5,7-8,15,17,22H,6,9-14,16H2,1-2H3,(H,23,27). The molecule has 0 spiro atoms. The molecule has 7 nitrogen and oxygen atoms in total. The molecule has 0 aliphatic carbocycles. The number of hydrogen-bond donors (Lipinski definition) is 2. The third-order valence-electron chi connectivity index (χ3n) is 4.63. The zero-order chi connectivity index (χ0) is 19.8. The van der Waals surface area contributed by atoms with Crippen molar-refractivity contribution in [1.82, 2.24) is 25.3 Å². The van der Waals surface area contributed by atoms with Crippen LogP contribution < -0.4 is 15.4 Å².